The highest BCUT2D eigenvalue weighted by atomic mass is 32.2. The number of aromatic nitrogens is 2. The summed E-state index contributed by atoms with van der Waals surface area (Å²) in [6, 6.07) is 7.74. The Morgan fingerprint density at radius 3 is 2.50 bits per heavy atom. The van der Waals surface area contributed by atoms with Gasteiger partial charge < -0.3 is 19.4 Å². The van der Waals surface area contributed by atoms with Crippen molar-refractivity contribution in [3.05, 3.63) is 36.3 Å². The molecule has 0 radical (unpaired) electrons. The van der Waals surface area contributed by atoms with E-state index in [0.717, 1.165) is 16.7 Å². The molecule has 2 N–H and O–H groups in total. The van der Waals surface area contributed by atoms with Gasteiger partial charge in [-0.05, 0) is 38.7 Å². The third-order valence-electron chi connectivity index (χ3n) is 5.79. The van der Waals surface area contributed by atoms with Crippen LogP contribution < -0.4 is 5.46 Å². The van der Waals surface area contributed by atoms with Crippen molar-refractivity contribution in [1.29, 1.82) is 0 Å². The molecule has 1 unspecified atom stereocenters. The quantitative estimate of drug-likeness (QED) is 0.769. The summed E-state index contributed by atoms with van der Waals surface area (Å²) in [7, 11) is -0.393. The summed E-state index contributed by atoms with van der Waals surface area (Å²) in [5, 5.41) is 9.32. The van der Waals surface area contributed by atoms with Gasteiger partial charge in [-0.1, -0.05) is 24.3 Å². The predicted octanol–water partition coefficient (Wildman–Crippen LogP) is 3.10. The highest BCUT2D eigenvalue weighted by Gasteiger charge is 2.51. The lowest BCUT2D eigenvalue weighted by molar-refractivity contribution is 0.00578. The molecule has 3 heterocycles. The number of rotatable bonds is 3. The highest BCUT2D eigenvalue weighted by Crippen LogP contribution is 2.36. The van der Waals surface area contributed by atoms with Crippen LogP contribution in [0, 0.1) is 0 Å². The molecule has 1 amide bonds. The lowest BCUT2D eigenvalue weighted by atomic mass is 9.79. The fraction of sp³-hybridized carbons (Fsp3) is 0.474. The Kier molecular flexibility index (Phi) is 4.72. The second-order valence-corrected chi connectivity index (χ2v) is 9.16. The number of H-pyrrole nitrogens is 1. The number of carbonyl (C=O) groups is 1. The second-order valence-electron chi connectivity index (χ2n) is 8.16. The summed E-state index contributed by atoms with van der Waals surface area (Å²) in [5.41, 5.74) is 2.06. The first-order valence-electron chi connectivity index (χ1n) is 9.26. The van der Waals surface area contributed by atoms with Gasteiger partial charge in [0, 0.05) is 5.75 Å². The molecule has 7 nitrogen and oxygen atoms in total. The first-order valence-corrected chi connectivity index (χ1v) is 10.4. The molecule has 0 saturated carbocycles. The topological polar surface area (TPSA) is 87.7 Å². The molecule has 0 spiro atoms. The Labute approximate surface area is 169 Å². The summed E-state index contributed by atoms with van der Waals surface area (Å²) < 4.78 is 12.2. The summed E-state index contributed by atoms with van der Waals surface area (Å²) in [6.45, 7) is 8.15. The van der Waals surface area contributed by atoms with E-state index in [0.29, 0.717) is 17.5 Å². The minimum atomic E-state index is -0.917. The maximum absolute atomic E-state index is 11.4. The average Bonchev–Trinajstić information content (AvgIpc) is 3.33. The summed E-state index contributed by atoms with van der Waals surface area (Å²) >= 11 is 1.59. The minimum absolute atomic E-state index is 0.236. The van der Waals surface area contributed by atoms with Crippen LogP contribution in [0.3, 0.4) is 0 Å². The molecule has 2 fully saturated rings. The molecule has 28 heavy (non-hydrogen) atoms. The average molecular weight is 401 g/mol. The van der Waals surface area contributed by atoms with Crippen LogP contribution in [0.1, 0.15) is 39.6 Å². The number of amides is 1. The SMILES string of the molecule is CC1(C)OB(c2ccc(-c3cnc(C4CSCN4C(=O)O)[nH]3)cc2)OC1(C)C. The summed E-state index contributed by atoms with van der Waals surface area (Å²) in [6.07, 6.45) is 0.835. The van der Waals surface area contributed by atoms with E-state index in [4.69, 9.17) is 9.31 Å². The lowest BCUT2D eigenvalue weighted by Crippen LogP contribution is -2.41. The zero-order chi connectivity index (χ0) is 20.1. The number of nitrogens with one attached hydrogen (secondary N) is 1. The third-order valence-corrected chi connectivity index (χ3v) is 6.80. The molecular formula is C19H24BN3O4S. The summed E-state index contributed by atoms with van der Waals surface area (Å²) in [4.78, 5) is 20.5. The molecule has 0 bridgehead atoms. The van der Waals surface area contributed by atoms with Crippen molar-refractivity contribution in [2.75, 3.05) is 11.6 Å². The number of nitrogens with zero attached hydrogens (tertiary/aromatic N) is 2. The molecule has 2 saturated heterocycles. The maximum Gasteiger partial charge on any atom is 0.494 e. The molecule has 9 heteroatoms. The molecule has 2 aliphatic heterocycles. The van der Waals surface area contributed by atoms with Crippen LogP contribution in [-0.4, -0.2) is 56.0 Å². The molecular weight excluding hydrogens is 377 g/mol. The molecule has 1 atom stereocenters. The Balaban J connectivity index is 1.51. The van der Waals surface area contributed by atoms with E-state index in [2.05, 4.69) is 9.97 Å². The zero-order valence-electron chi connectivity index (χ0n) is 16.4. The van der Waals surface area contributed by atoms with Gasteiger partial charge in [-0.15, -0.1) is 11.8 Å². The Morgan fingerprint density at radius 2 is 1.89 bits per heavy atom. The van der Waals surface area contributed by atoms with Crippen LogP contribution in [0.5, 0.6) is 0 Å². The van der Waals surface area contributed by atoms with Gasteiger partial charge in [-0.25, -0.2) is 9.78 Å². The molecule has 2 aliphatic rings. The van der Waals surface area contributed by atoms with Gasteiger partial charge in [0.15, 0.2) is 0 Å². The van der Waals surface area contributed by atoms with E-state index in [-0.39, 0.29) is 17.2 Å². The number of thioether (sulfide) groups is 1. The first-order chi connectivity index (χ1) is 13.2. The fourth-order valence-electron chi connectivity index (χ4n) is 3.31. The van der Waals surface area contributed by atoms with E-state index >= 15 is 0 Å². The molecule has 2 aromatic rings. The van der Waals surface area contributed by atoms with Gasteiger partial charge >= 0.3 is 13.2 Å². The van der Waals surface area contributed by atoms with Crippen molar-refractivity contribution in [1.82, 2.24) is 14.9 Å². The van der Waals surface area contributed by atoms with Crippen LogP contribution >= 0.6 is 11.8 Å². The monoisotopic (exact) mass is 401 g/mol. The van der Waals surface area contributed by atoms with Crippen LogP contribution in [0.25, 0.3) is 11.3 Å². The van der Waals surface area contributed by atoms with Crippen molar-refractivity contribution >= 4 is 30.4 Å². The number of benzene rings is 1. The van der Waals surface area contributed by atoms with E-state index in [1.165, 1.54) is 4.90 Å². The fourth-order valence-corrected chi connectivity index (χ4v) is 4.46. The summed E-state index contributed by atoms with van der Waals surface area (Å²) in [5.74, 6) is 1.86. The third kappa shape index (κ3) is 3.31. The second kappa shape index (κ2) is 6.82. The highest BCUT2D eigenvalue weighted by molar-refractivity contribution is 7.99. The van der Waals surface area contributed by atoms with Gasteiger partial charge in [0.25, 0.3) is 0 Å². The predicted molar refractivity (Wildman–Crippen MR) is 110 cm³/mol. The first kappa shape index (κ1) is 19.4. The van der Waals surface area contributed by atoms with Gasteiger partial charge in [0.1, 0.15) is 11.9 Å². The van der Waals surface area contributed by atoms with Crippen molar-refractivity contribution in [2.45, 2.75) is 44.9 Å². The van der Waals surface area contributed by atoms with Crippen LogP contribution in [0.4, 0.5) is 4.79 Å². The normalized spacial score (nSPS) is 23.4. The van der Waals surface area contributed by atoms with Crippen molar-refractivity contribution in [3.8, 4) is 11.3 Å². The number of aromatic amines is 1. The molecule has 1 aromatic heterocycles. The molecule has 148 valence electrons. The van der Waals surface area contributed by atoms with Crippen molar-refractivity contribution in [3.63, 3.8) is 0 Å². The van der Waals surface area contributed by atoms with Crippen LogP contribution in [0.15, 0.2) is 30.5 Å². The van der Waals surface area contributed by atoms with E-state index < -0.39 is 13.2 Å². The number of hydrogen-bond acceptors (Lipinski definition) is 5. The molecule has 0 aliphatic carbocycles. The van der Waals surface area contributed by atoms with Crippen molar-refractivity contribution < 1.29 is 19.2 Å². The van der Waals surface area contributed by atoms with Crippen molar-refractivity contribution in [2.24, 2.45) is 0 Å². The number of hydrogen-bond donors (Lipinski definition) is 2. The molecule has 1 aromatic carbocycles. The Morgan fingerprint density at radius 1 is 1.25 bits per heavy atom. The van der Waals surface area contributed by atoms with E-state index in [9.17, 15) is 9.90 Å². The van der Waals surface area contributed by atoms with E-state index in [1.807, 2.05) is 52.0 Å². The maximum atomic E-state index is 11.4. The lowest BCUT2D eigenvalue weighted by Gasteiger charge is -2.32. The Bertz CT molecular complexity index is 868. The van der Waals surface area contributed by atoms with Gasteiger partial charge in [-0.2, -0.15) is 0 Å². The standard InChI is InChI=1S/C19H24BN3O4S/c1-18(2)19(3,4)27-20(26-18)13-7-5-12(6-8-13)14-9-21-16(22-14)15-10-28-11-23(15)17(24)25/h5-9,15H,10-11H2,1-4H3,(H,21,22)(H,24,25). The number of carboxylic acid groups (broad SMARTS) is 1. The van der Waals surface area contributed by atoms with E-state index in [1.54, 1.807) is 18.0 Å². The van der Waals surface area contributed by atoms with Gasteiger partial charge in [-0.3, -0.25) is 4.90 Å². The van der Waals surface area contributed by atoms with Gasteiger partial charge in [0.2, 0.25) is 0 Å². The van der Waals surface area contributed by atoms with Crippen LogP contribution in [0.2, 0.25) is 0 Å². The van der Waals surface area contributed by atoms with Crippen LogP contribution in [-0.2, 0) is 9.31 Å². The largest absolute Gasteiger partial charge is 0.494 e. The Hall–Kier alpha value is -1.97. The smallest absolute Gasteiger partial charge is 0.465 e. The molecule has 4 rings (SSSR count). The number of imidazole rings is 1. The van der Waals surface area contributed by atoms with Gasteiger partial charge in [0.05, 0.1) is 29.0 Å². The zero-order valence-corrected chi connectivity index (χ0v) is 17.2. The minimum Gasteiger partial charge on any atom is -0.465 e.